The molecule has 0 heterocycles. The molecule has 1 rings (SSSR count). The van der Waals surface area contributed by atoms with E-state index in [2.05, 4.69) is 33.8 Å². The highest BCUT2D eigenvalue weighted by Crippen LogP contribution is 2.38. The fourth-order valence-corrected chi connectivity index (χ4v) is 2.09. The van der Waals surface area contributed by atoms with Gasteiger partial charge in [0.15, 0.2) is 0 Å². The van der Waals surface area contributed by atoms with Gasteiger partial charge in [-0.15, -0.1) is 0 Å². The van der Waals surface area contributed by atoms with Crippen LogP contribution in [0.25, 0.3) is 0 Å². The number of phenols is 1. The molecule has 0 aliphatic rings. The molecule has 1 atom stereocenters. The third kappa shape index (κ3) is 3.01. The Morgan fingerprint density at radius 2 is 1.88 bits per heavy atom. The van der Waals surface area contributed by atoms with E-state index in [1.54, 1.807) is 6.07 Å². The van der Waals surface area contributed by atoms with Gasteiger partial charge in [-0.3, -0.25) is 0 Å². The highest BCUT2D eigenvalue weighted by molar-refractivity contribution is 5.37. The van der Waals surface area contributed by atoms with E-state index < -0.39 is 0 Å². The first-order valence-electron chi connectivity index (χ1n) is 6.28. The van der Waals surface area contributed by atoms with Crippen molar-refractivity contribution in [2.75, 3.05) is 0 Å². The summed E-state index contributed by atoms with van der Waals surface area (Å²) in [6.45, 7) is 8.96. The molecule has 0 aliphatic heterocycles. The zero-order chi connectivity index (χ0) is 12.2. The summed E-state index contributed by atoms with van der Waals surface area (Å²) in [4.78, 5) is 0. The maximum atomic E-state index is 9.94. The van der Waals surface area contributed by atoms with Gasteiger partial charge in [-0.2, -0.15) is 0 Å². The molecular weight excluding hydrogens is 208 g/mol. The molecular formula is C15H24O. The summed E-state index contributed by atoms with van der Waals surface area (Å²) in [6.07, 6.45) is 3.41. The molecule has 0 aromatic heterocycles. The first-order chi connectivity index (χ1) is 7.49. The fraction of sp³-hybridized carbons (Fsp3) is 0.600. The van der Waals surface area contributed by atoms with Gasteiger partial charge in [0.2, 0.25) is 0 Å². The van der Waals surface area contributed by atoms with Crippen molar-refractivity contribution in [2.24, 2.45) is 5.92 Å². The van der Waals surface area contributed by atoms with Crippen molar-refractivity contribution in [3.63, 3.8) is 0 Å². The average Bonchev–Trinajstić information content (AvgIpc) is 2.26. The van der Waals surface area contributed by atoms with Crippen LogP contribution >= 0.6 is 0 Å². The van der Waals surface area contributed by atoms with Gasteiger partial charge < -0.3 is 5.11 Å². The lowest BCUT2D eigenvalue weighted by atomic mass is 9.90. The quantitative estimate of drug-likeness (QED) is 0.792. The Morgan fingerprint density at radius 1 is 1.25 bits per heavy atom. The molecule has 0 aliphatic carbocycles. The minimum Gasteiger partial charge on any atom is -0.508 e. The van der Waals surface area contributed by atoms with E-state index in [4.69, 9.17) is 0 Å². The molecule has 1 N–H and O–H groups in total. The van der Waals surface area contributed by atoms with Crippen molar-refractivity contribution >= 4 is 0 Å². The van der Waals surface area contributed by atoms with Gasteiger partial charge in [0.1, 0.15) is 5.75 Å². The van der Waals surface area contributed by atoms with E-state index in [1.165, 1.54) is 6.42 Å². The SMILES string of the molecule is CCC(C)(CCC(C)C)[14c]1[14cH][14cH][14cH][14cH][14c]1O. The van der Waals surface area contributed by atoms with E-state index in [0.29, 0.717) is 5.75 Å². The van der Waals surface area contributed by atoms with E-state index in [0.717, 1.165) is 24.3 Å². The molecule has 0 bridgehead atoms. The van der Waals surface area contributed by atoms with Crippen LogP contribution in [0.2, 0.25) is 0 Å². The minimum atomic E-state index is 0.107. The van der Waals surface area contributed by atoms with Crippen LogP contribution in [0, 0.1) is 5.92 Å². The molecule has 0 saturated heterocycles. The normalized spacial score (nSPS) is 15.1. The number of rotatable bonds is 5. The van der Waals surface area contributed by atoms with Crippen LogP contribution in [0.1, 0.15) is 52.5 Å². The summed E-state index contributed by atoms with van der Waals surface area (Å²) in [5.74, 6) is 1.16. The highest BCUT2D eigenvalue weighted by atomic mass is 16.5. The fourth-order valence-electron chi connectivity index (χ4n) is 2.09. The minimum absolute atomic E-state index is 0.107. The second kappa shape index (κ2) is 5.38. The smallest absolute Gasteiger partial charge is 0.119 e. The zero-order valence-corrected chi connectivity index (χ0v) is 11.0. The Hall–Kier alpha value is -0.980. The predicted molar refractivity (Wildman–Crippen MR) is 69.8 cm³/mol. The van der Waals surface area contributed by atoms with Crippen LogP contribution in [-0.2, 0) is 5.41 Å². The van der Waals surface area contributed by atoms with Gasteiger partial charge in [0.25, 0.3) is 0 Å². The lowest BCUT2D eigenvalue weighted by molar-refractivity contribution is 0.355. The van der Waals surface area contributed by atoms with E-state index in [1.807, 2.05) is 12.1 Å². The van der Waals surface area contributed by atoms with Gasteiger partial charge in [-0.25, -0.2) is 0 Å². The number of aromatic hydroxyl groups is 1. The Morgan fingerprint density at radius 3 is 2.38 bits per heavy atom. The molecule has 1 unspecified atom stereocenters. The van der Waals surface area contributed by atoms with Crippen molar-refractivity contribution in [2.45, 2.75) is 52.4 Å². The second-order valence-electron chi connectivity index (χ2n) is 5.36. The second-order valence-corrected chi connectivity index (χ2v) is 5.36. The number of hydrogen-bond acceptors (Lipinski definition) is 1. The standard InChI is InChI=1S/C15H24O/c1-5-15(4,11-10-12(2)3)13-8-6-7-9-14(13)16/h6-9,12,16H,5,10-11H2,1-4H3/i6+2,7+2,8+2,9+2,13+2,14+2. The van der Waals surface area contributed by atoms with Crippen LogP contribution in [0.15, 0.2) is 24.3 Å². The molecule has 1 nitrogen and oxygen atoms in total. The number of phenolic OH excluding ortho intramolecular Hbond substituents is 1. The molecule has 0 fully saturated rings. The first-order valence-corrected chi connectivity index (χ1v) is 6.28. The summed E-state index contributed by atoms with van der Waals surface area (Å²) in [7, 11) is 0. The van der Waals surface area contributed by atoms with E-state index in [-0.39, 0.29) is 5.41 Å². The molecule has 0 saturated carbocycles. The largest absolute Gasteiger partial charge is 0.508 e. The average molecular weight is 232 g/mol. The molecule has 1 aromatic rings. The summed E-state index contributed by atoms with van der Waals surface area (Å²) in [5, 5.41) is 9.94. The molecule has 0 radical (unpaired) electrons. The molecule has 0 spiro atoms. The summed E-state index contributed by atoms with van der Waals surface area (Å²) in [5.41, 5.74) is 1.20. The van der Waals surface area contributed by atoms with Gasteiger partial charge >= 0.3 is 0 Å². The van der Waals surface area contributed by atoms with E-state index >= 15 is 0 Å². The van der Waals surface area contributed by atoms with Gasteiger partial charge in [0, 0.05) is 0 Å². The van der Waals surface area contributed by atoms with Crippen LogP contribution in [-0.4, -0.2) is 5.11 Å². The lowest BCUT2D eigenvalue weighted by Gasteiger charge is -2.30. The Kier molecular flexibility index (Phi) is 4.40. The summed E-state index contributed by atoms with van der Waals surface area (Å²) in [6, 6.07) is 7.74. The molecule has 0 amide bonds. The van der Waals surface area contributed by atoms with Crippen LogP contribution < -0.4 is 0 Å². The monoisotopic (exact) mass is 232 g/mol. The number of hydrogen-bond donors (Lipinski definition) is 1. The van der Waals surface area contributed by atoms with E-state index in [9.17, 15) is 5.11 Å². The van der Waals surface area contributed by atoms with Gasteiger partial charge in [-0.1, -0.05) is 52.3 Å². The summed E-state index contributed by atoms with van der Waals surface area (Å²) >= 11 is 0. The van der Waals surface area contributed by atoms with Crippen molar-refractivity contribution < 1.29 is 5.11 Å². The van der Waals surface area contributed by atoms with Crippen molar-refractivity contribution in [3.05, 3.63) is 29.8 Å². The van der Waals surface area contributed by atoms with Crippen molar-refractivity contribution in [1.29, 1.82) is 0 Å². The van der Waals surface area contributed by atoms with Crippen LogP contribution in [0.4, 0.5) is 0 Å². The molecule has 1 aromatic carbocycles. The zero-order valence-electron chi connectivity index (χ0n) is 11.0. The van der Waals surface area contributed by atoms with Gasteiger partial charge in [0.05, 0.1) is 0 Å². The van der Waals surface area contributed by atoms with Crippen molar-refractivity contribution in [1.82, 2.24) is 0 Å². The van der Waals surface area contributed by atoms with Gasteiger partial charge in [-0.05, 0) is 35.8 Å². The maximum Gasteiger partial charge on any atom is 0.119 e. The number of benzene rings is 1. The molecule has 16 heavy (non-hydrogen) atoms. The Labute approximate surface area is 99.5 Å². The lowest BCUT2D eigenvalue weighted by Crippen LogP contribution is -2.21. The maximum absolute atomic E-state index is 9.94. The molecule has 1 heteroatoms. The molecule has 90 valence electrons. The summed E-state index contributed by atoms with van der Waals surface area (Å²) < 4.78 is 0. The third-order valence-corrected chi connectivity index (χ3v) is 3.61. The third-order valence-electron chi connectivity index (χ3n) is 3.61. The topological polar surface area (TPSA) is 20.2 Å². The van der Waals surface area contributed by atoms with Crippen LogP contribution in [0.3, 0.4) is 0 Å². The predicted octanol–water partition coefficient (Wildman–Crippen LogP) is 4.50. The van der Waals surface area contributed by atoms with Crippen LogP contribution in [0.5, 0.6) is 5.75 Å². The van der Waals surface area contributed by atoms with Crippen molar-refractivity contribution in [3.8, 4) is 5.75 Å². The Balaban J connectivity index is 2.91. The highest BCUT2D eigenvalue weighted by Gasteiger charge is 2.26. The first kappa shape index (κ1) is 13.1. The number of para-hydroxylation sites is 1. The Bertz CT molecular complexity index is 330.